The lowest BCUT2D eigenvalue weighted by Crippen LogP contribution is -2.14. The van der Waals surface area contributed by atoms with E-state index in [9.17, 15) is 4.79 Å². The maximum Gasteiger partial charge on any atom is 0.359 e. The number of hydrogen-bond donors (Lipinski definition) is 0. The summed E-state index contributed by atoms with van der Waals surface area (Å²) in [4.78, 5) is 17.5. The Morgan fingerprint density at radius 3 is 2.34 bits per heavy atom. The molecule has 0 saturated heterocycles. The highest BCUT2D eigenvalue weighted by Gasteiger charge is 2.27. The Kier molecular flexibility index (Phi) is 6.35. The molecular formula is C23H24Cl2N2O2. The van der Waals surface area contributed by atoms with Gasteiger partial charge >= 0.3 is 5.97 Å². The molecule has 0 aliphatic carbocycles. The molecule has 29 heavy (non-hydrogen) atoms. The number of imidazole rings is 1. The van der Waals surface area contributed by atoms with Gasteiger partial charge in [-0.1, -0.05) is 56.1 Å². The van der Waals surface area contributed by atoms with E-state index in [0.717, 1.165) is 17.1 Å². The van der Waals surface area contributed by atoms with Crippen LogP contribution in [0.4, 0.5) is 0 Å². The smallest absolute Gasteiger partial charge is 0.359 e. The van der Waals surface area contributed by atoms with E-state index in [0.29, 0.717) is 22.2 Å². The van der Waals surface area contributed by atoms with Crippen molar-refractivity contribution in [2.75, 3.05) is 6.61 Å². The van der Waals surface area contributed by atoms with E-state index in [4.69, 9.17) is 32.9 Å². The number of nitrogens with zero attached hydrogens (tertiary/aromatic N) is 2. The first kappa shape index (κ1) is 21.4. The van der Waals surface area contributed by atoms with Gasteiger partial charge in [-0.05, 0) is 48.7 Å². The van der Waals surface area contributed by atoms with E-state index in [2.05, 4.69) is 20.8 Å². The van der Waals surface area contributed by atoms with Gasteiger partial charge in [-0.15, -0.1) is 0 Å². The topological polar surface area (TPSA) is 44.1 Å². The second kappa shape index (κ2) is 8.60. The second-order valence-electron chi connectivity index (χ2n) is 8.01. The van der Waals surface area contributed by atoms with Crippen molar-refractivity contribution in [2.45, 2.75) is 34.1 Å². The van der Waals surface area contributed by atoms with Gasteiger partial charge in [0, 0.05) is 27.7 Å². The molecular weight excluding hydrogens is 407 g/mol. The average molecular weight is 431 g/mol. The Balaban J connectivity index is 2.34. The number of aromatic nitrogens is 2. The number of carbonyl (C=O) groups excluding carboxylic acids is 1. The third-order valence-electron chi connectivity index (χ3n) is 4.29. The Bertz CT molecular complexity index is 1020. The zero-order valence-corrected chi connectivity index (χ0v) is 18.5. The Morgan fingerprint density at radius 2 is 1.76 bits per heavy atom. The van der Waals surface area contributed by atoms with Crippen molar-refractivity contribution in [3.8, 4) is 16.9 Å². The lowest BCUT2D eigenvalue weighted by molar-refractivity contribution is 0.0520. The first-order chi connectivity index (χ1) is 13.7. The summed E-state index contributed by atoms with van der Waals surface area (Å²) >= 11 is 12.4. The molecule has 0 saturated carbocycles. The lowest BCUT2D eigenvalue weighted by Gasteiger charge is -2.20. The molecule has 0 atom stereocenters. The molecule has 0 amide bonds. The second-order valence-corrected chi connectivity index (χ2v) is 8.88. The van der Waals surface area contributed by atoms with Gasteiger partial charge in [0.05, 0.1) is 12.3 Å². The van der Waals surface area contributed by atoms with Crippen LogP contribution in [0.2, 0.25) is 10.0 Å². The van der Waals surface area contributed by atoms with Gasteiger partial charge in [0.1, 0.15) is 5.82 Å². The van der Waals surface area contributed by atoms with E-state index in [1.807, 2.05) is 47.0 Å². The Hall–Kier alpha value is -2.30. The van der Waals surface area contributed by atoms with Crippen molar-refractivity contribution in [1.29, 1.82) is 0 Å². The van der Waals surface area contributed by atoms with Crippen LogP contribution < -0.4 is 0 Å². The summed E-state index contributed by atoms with van der Waals surface area (Å²) in [6.07, 6.45) is 0.669. The van der Waals surface area contributed by atoms with Crippen LogP contribution in [0, 0.1) is 5.41 Å². The molecule has 6 heteroatoms. The maximum atomic E-state index is 12.8. The Morgan fingerprint density at radius 1 is 1.07 bits per heavy atom. The van der Waals surface area contributed by atoms with Crippen LogP contribution in [0.15, 0.2) is 48.5 Å². The van der Waals surface area contributed by atoms with Crippen LogP contribution in [-0.2, 0) is 11.2 Å². The SMILES string of the molecule is CCOC(=O)c1nc(CC(C)(C)C)n(-c2ccc(Cl)cc2)c1-c1cccc(Cl)c1. The van der Waals surface area contributed by atoms with E-state index < -0.39 is 5.97 Å². The molecule has 3 aromatic rings. The molecule has 4 nitrogen and oxygen atoms in total. The third kappa shape index (κ3) is 5.01. The quantitative estimate of drug-likeness (QED) is 0.427. The number of hydrogen-bond acceptors (Lipinski definition) is 3. The maximum absolute atomic E-state index is 12.8. The van der Waals surface area contributed by atoms with Gasteiger partial charge in [0.15, 0.2) is 5.69 Å². The number of benzene rings is 2. The summed E-state index contributed by atoms with van der Waals surface area (Å²) in [6, 6.07) is 14.9. The summed E-state index contributed by atoms with van der Waals surface area (Å²) in [5.41, 5.74) is 2.57. The standard InChI is InChI=1S/C23H24Cl2N2O2/c1-5-29-22(28)20-21(15-7-6-8-17(25)13-15)27(18-11-9-16(24)10-12-18)19(26-20)14-23(2,3)4/h6-13H,5,14H2,1-4H3. The monoisotopic (exact) mass is 430 g/mol. The van der Waals surface area contributed by atoms with Crippen molar-refractivity contribution < 1.29 is 9.53 Å². The molecule has 0 aliphatic heterocycles. The van der Waals surface area contributed by atoms with Gasteiger partial charge in [-0.25, -0.2) is 9.78 Å². The van der Waals surface area contributed by atoms with Crippen molar-refractivity contribution >= 4 is 29.2 Å². The molecule has 0 spiro atoms. The fourth-order valence-corrected chi connectivity index (χ4v) is 3.49. The third-order valence-corrected chi connectivity index (χ3v) is 4.77. The molecule has 0 N–H and O–H groups in total. The van der Waals surface area contributed by atoms with E-state index >= 15 is 0 Å². The lowest BCUT2D eigenvalue weighted by atomic mass is 9.92. The highest BCUT2D eigenvalue weighted by molar-refractivity contribution is 6.31. The predicted octanol–water partition coefficient (Wildman–Crippen LogP) is 6.61. The van der Waals surface area contributed by atoms with Gasteiger partial charge in [-0.3, -0.25) is 4.57 Å². The van der Waals surface area contributed by atoms with E-state index in [1.165, 1.54) is 0 Å². The van der Waals surface area contributed by atoms with Crippen LogP contribution in [0.25, 0.3) is 16.9 Å². The molecule has 1 aromatic heterocycles. The van der Waals surface area contributed by atoms with Crippen molar-refractivity contribution in [3.63, 3.8) is 0 Å². The fraction of sp³-hybridized carbons (Fsp3) is 0.304. The molecule has 2 aromatic carbocycles. The molecule has 0 unspecified atom stereocenters. The van der Waals surface area contributed by atoms with Crippen LogP contribution >= 0.6 is 23.2 Å². The first-order valence-electron chi connectivity index (χ1n) is 9.50. The predicted molar refractivity (Wildman–Crippen MR) is 118 cm³/mol. The van der Waals surface area contributed by atoms with Crippen LogP contribution in [0.5, 0.6) is 0 Å². The molecule has 152 valence electrons. The zero-order valence-electron chi connectivity index (χ0n) is 17.0. The van der Waals surface area contributed by atoms with Crippen molar-refractivity contribution in [2.24, 2.45) is 5.41 Å². The minimum absolute atomic E-state index is 0.0347. The Labute approximate surface area is 181 Å². The highest BCUT2D eigenvalue weighted by atomic mass is 35.5. The van der Waals surface area contributed by atoms with Crippen LogP contribution in [-0.4, -0.2) is 22.1 Å². The largest absolute Gasteiger partial charge is 0.461 e. The fourth-order valence-electron chi connectivity index (χ4n) is 3.17. The molecule has 1 heterocycles. The molecule has 0 radical (unpaired) electrons. The van der Waals surface area contributed by atoms with Gasteiger partial charge in [0.25, 0.3) is 0 Å². The molecule has 3 rings (SSSR count). The normalized spacial score (nSPS) is 11.5. The number of esters is 1. The van der Waals surface area contributed by atoms with E-state index in [1.54, 1.807) is 13.0 Å². The van der Waals surface area contributed by atoms with Crippen molar-refractivity contribution in [1.82, 2.24) is 9.55 Å². The number of ether oxygens (including phenoxy) is 1. The van der Waals surface area contributed by atoms with Crippen LogP contribution in [0.1, 0.15) is 44.0 Å². The minimum atomic E-state index is -0.453. The van der Waals surface area contributed by atoms with Crippen LogP contribution in [0.3, 0.4) is 0 Å². The summed E-state index contributed by atoms with van der Waals surface area (Å²) in [7, 11) is 0. The number of rotatable bonds is 5. The summed E-state index contributed by atoms with van der Waals surface area (Å²) in [5, 5.41) is 1.22. The minimum Gasteiger partial charge on any atom is -0.461 e. The van der Waals surface area contributed by atoms with Crippen molar-refractivity contribution in [3.05, 3.63) is 70.1 Å². The summed E-state index contributed by atoms with van der Waals surface area (Å²) in [5.74, 6) is 0.322. The van der Waals surface area contributed by atoms with Gasteiger partial charge in [0.2, 0.25) is 0 Å². The first-order valence-corrected chi connectivity index (χ1v) is 10.3. The molecule has 0 bridgehead atoms. The van der Waals surface area contributed by atoms with Gasteiger partial charge in [-0.2, -0.15) is 0 Å². The number of halogens is 2. The summed E-state index contributed by atoms with van der Waals surface area (Å²) in [6.45, 7) is 8.46. The summed E-state index contributed by atoms with van der Waals surface area (Å²) < 4.78 is 7.30. The highest BCUT2D eigenvalue weighted by Crippen LogP contribution is 2.33. The van der Waals surface area contributed by atoms with Gasteiger partial charge < -0.3 is 4.74 Å². The average Bonchev–Trinajstić information content (AvgIpc) is 3.00. The zero-order chi connectivity index (χ0) is 21.2. The molecule has 0 aliphatic rings. The number of carbonyl (C=O) groups is 1. The van der Waals surface area contributed by atoms with E-state index in [-0.39, 0.29) is 17.7 Å². The molecule has 0 fully saturated rings.